The van der Waals surface area contributed by atoms with Crippen molar-refractivity contribution in [3.63, 3.8) is 0 Å². The van der Waals surface area contributed by atoms with Crippen LogP contribution < -0.4 is 4.74 Å². The second-order valence-corrected chi connectivity index (χ2v) is 8.91. The molecule has 162 valence electrons. The van der Waals surface area contributed by atoms with Gasteiger partial charge in [-0.1, -0.05) is 11.6 Å². The van der Waals surface area contributed by atoms with E-state index in [0.717, 1.165) is 6.42 Å². The van der Waals surface area contributed by atoms with Crippen molar-refractivity contribution >= 4 is 23.6 Å². The SMILES string of the molecule is CC(C)(C)OC(=O)N1[C@@H](COc2cccnc2Cl)CC[C@H]1C(=O)N1CCC[C@H]1C#N. The van der Waals surface area contributed by atoms with E-state index in [4.69, 9.17) is 21.1 Å². The molecule has 0 radical (unpaired) electrons. The highest BCUT2D eigenvalue weighted by atomic mass is 35.5. The van der Waals surface area contributed by atoms with Gasteiger partial charge in [0.2, 0.25) is 5.91 Å². The van der Waals surface area contributed by atoms with Crippen LogP contribution in [0.5, 0.6) is 5.75 Å². The molecule has 0 aliphatic carbocycles. The second-order valence-electron chi connectivity index (χ2n) is 8.56. The van der Waals surface area contributed by atoms with Crippen molar-refractivity contribution in [2.45, 2.75) is 70.2 Å². The number of halogens is 1. The second kappa shape index (κ2) is 9.09. The Kier molecular flexibility index (Phi) is 6.71. The Morgan fingerprint density at radius 2 is 2.10 bits per heavy atom. The molecule has 0 saturated carbocycles. The molecule has 0 N–H and O–H groups in total. The van der Waals surface area contributed by atoms with Gasteiger partial charge in [0, 0.05) is 12.7 Å². The molecule has 0 aromatic carbocycles. The quantitative estimate of drug-likeness (QED) is 0.674. The summed E-state index contributed by atoms with van der Waals surface area (Å²) >= 11 is 6.06. The minimum Gasteiger partial charge on any atom is -0.488 e. The van der Waals surface area contributed by atoms with Crippen LogP contribution in [0.15, 0.2) is 18.3 Å². The fraction of sp³-hybridized carbons (Fsp3) is 0.619. The molecule has 9 heteroatoms. The van der Waals surface area contributed by atoms with Gasteiger partial charge in [0.1, 0.15) is 24.3 Å². The first-order valence-electron chi connectivity index (χ1n) is 10.2. The number of rotatable bonds is 4. The van der Waals surface area contributed by atoms with Crippen molar-refractivity contribution in [2.24, 2.45) is 0 Å². The third kappa shape index (κ3) is 4.96. The molecule has 2 amide bonds. The molecule has 30 heavy (non-hydrogen) atoms. The monoisotopic (exact) mass is 434 g/mol. The minimum absolute atomic E-state index is 0.163. The number of amides is 2. The molecular weight excluding hydrogens is 408 g/mol. The average Bonchev–Trinajstić information content (AvgIpc) is 3.32. The molecule has 1 aromatic heterocycles. The van der Waals surface area contributed by atoms with E-state index < -0.39 is 23.8 Å². The van der Waals surface area contributed by atoms with Gasteiger partial charge in [-0.25, -0.2) is 9.78 Å². The van der Waals surface area contributed by atoms with E-state index in [0.29, 0.717) is 31.6 Å². The molecule has 2 saturated heterocycles. The summed E-state index contributed by atoms with van der Waals surface area (Å²) in [6.07, 6.45) is 3.52. The summed E-state index contributed by atoms with van der Waals surface area (Å²) in [5, 5.41) is 9.59. The normalized spacial score (nSPS) is 23.9. The lowest BCUT2D eigenvalue weighted by atomic mass is 10.1. The molecule has 2 aliphatic rings. The fourth-order valence-corrected chi connectivity index (χ4v) is 4.07. The van der Waals surface area contributed by atoms with Crippen molar-refractivity contribution in [3.05, 3.63) is 23.5 Å². The van der Waals surface area contributed by atoms with E-state index in [1.807, 2.05) is 0 Å². The van der Waals surface area contributed by atoms with Crippen molar-refractivity contribution in [1.29, 1.82) is 5.26 Å². The minimum atomic E-state index is -0.700. The van der Waals surface area contributed by atoms with Crippen LogP contribution in [0, 0.1) is 11.3 Å². The molecule has 3 heterocycles. The smallest absolute Gasteiger partial charge is 0.411 e. The number of nitrogens with zero attached hydrogens (tertiary/aromatic N) is 4. The van der Waals surface area contributed by atoms with Gasteiger partial charge >= 0.3 is 6.09 Å². The fourth-order valence-electron chi connectivity index (χ4n) is 3.90. The number of aromatic nitrogens is 1. The number of hydrogen-bond acceptors (Lipinski definition) is 6. The molecule has 0 unspecified atom stereocenters. The van der Waals surface area contributed by atoms with Gasteiger partial charge in [0.25, 0.3) is 0 Å². The zero-order chi connectivity index (χ0) is 21.9. The van der Waals surface area contributed by atoms with Crippen LogP contribution in [0.4, 0.5) is 4.79 Å². The molecule has 2 fully saturated rings. The van der Waals surface area contributed by atoms with Gasteiger partial charge in [0.05, 0.1) is 12.1 Å². The highest BCUT2D eigenvalue weighted by Crippen LogP contribution is 2.31. The number of hydrogen-bond donors (Lipinski definition) is 0. The van der Waals surface area contributed by atoms with Gasteiger partial charge in [0.15, 0.2) is 10.9 Å². The molecular formula is C21H27ClN4O4. The van der Waals surface area contributed by atoms with Crippen molar-refractivity contribution < 1.29 is 19.1 Å². The summed E-state index contributed by atoms with van der Waals surface area (Å²) in [5.41, 5.74) is -0.700. The molecule has 2 aliphatic heterocycles. The standard InChI is InChI=1S/C21H27ClN4O4/c1-21(2,3)30-20(28)26-15(13-29-17-7-4-10-24-18(17)22)8-9-16(26)19(27)25-11-5-6-14(25)12-23/h4,7,10,14-16H,5-6,8-9,11,13H2,1-3H3/t14-,15+,16-/m0/s1. The number of likely N-dealkylation sites (tertiary alicyclic amines) is 2. The largest absolute Gasteiger partial charge is 0.488 e. The summed E-state index contributed by atoms with van der Waals surface area (Å²) in [7, 11) is 0. The highest BCUT2D eigenvalue weighted by Gasteiger charge is 2.46. The topological polar surface area (TPSA) is 95.8 Å². The van der Waals surface area contributed by atoms with Gasteiger partial charge in [-0.15, -0.1) is 0 Å². The lowest BCUT2D eigenvalue weighted by molar-refractivity contribution is -0.136. The zero-order valence-corrected chi connectivity index (χ0v) is 18.3. The maximum absolute atomic E-state index is 13.2. The van der Waals surface area contributed by atoms with Gasteiger partial charge in [-0.2, -0.15) is 5.26 Å². The summed E-state index contributed by atoms with van der Waals surface area (Å²) in [5.74, 6) is 0.217. The molecule has 0 bridgehead atoms. The Morgan fingerprint density at radius 3 is 2.77 bits per heavy atom. The first kappa shape index (κ1) is 22.2. The van der Waals surface area contributed by atoms with Crippen LogP contribution in [0.3, 0.4) is 0 Å². The maximum Gasteiger partial charge on any atom is 0.411 e. The predicted molar refractivity (Wildman–Crippen MR) is 110 cm³/mol. The number of carbonyl (C=O) groups excluding carboxylic acids is 2. The van der Waals surface area contributed by atoms with Crippen LogP contribution in [-0.4, -0.2) is 63.7 Å². The van der Waals surface area contributed by atoms with Crippen molar-refractivity contribution in [3.8, 4) is 11.8 Å². The first-order valence-corrected chi connectivity index (χ1v) is 10.5. The number of pyridine rings is 1. The van der Waals surface area contributed by atoms with Crippen molar-refractivity contribution in [1.82, 2.24) is 14.8 Å². The zero-order valence-electron chi connectivity index (χ0n) is 17.5. The lowest BCUT2D eigenvalue weighted by Crippen LogP contribution is -2.53. The van der Waals surface area contributed by atoms with E-state index in [-0.39, 0.29) is 23.7 Å². The van der Waals surface area contributed by atoms with Crippen LogP contribution in [0.1, 0.15) is 46.5 Å². The summed E-state index contributed by atoms with van der Waals surface area (Å²) < 4.78 is 11.4. The van der Waals surface area contributed by atoms with Gasteiger partial charge < -0.3 is 14.4 Å². The Morgan fingerprint density at radius 1 is 1.33 bits per heavy atom. The van der Waals surface area contributed by atoms with Crippen LogP contribution in [0.25, 0.3) is 0 Å². The Bertz CT molecular complexity index is 835. The third-order valence-electron chi connectivity index (χ3n) is 5.23. The van der Waals surface area contributed by atoms with Crippen LogP contribution in [0.2, 0.25) is 5.15 Å². The van der Waals surface area contributed by atoms with E-state index in [9.17, 15) is 14.9 Å². The van der Waals surface area contributed by atoms with E-state index >= 15 is 0 Å². The Labute approximate surface area is 181 Å². The van der Waals surface area contributed by atoms with E-state index in [1.165, 1.54) is 4.90 Å². The van der Waals surface area contributed by atoms with Crippen molar-refractivity contribution in [2.75, 3.05) is 13.2 Å². The molecule has 3 atom stereocenters. The molecule has 1 aromatic rings. The Balaban J connectivity index is 1.78. The van der Waals surface area contributed by atoms with Crippen LogP contribution >= 0.6 is 11.6 Å². The summed E-state index contributed by atoms with van der Waals surface area (Å²) in [6, 6.07) is 4.13. The van der Waals surface area contributed by atoms with E-state index in [1.54, 1.807) is 44.0 Å². The number of carbonyl (C=O) groups is 2. The van der Waals surface area contributed by atoms with Crippen LogP contribution in [-0.2, 0) is 9.53 Å². The highest BCUT2D eigenvalue weighted by molar-refractivity contribution is 6.30. The molecule has 8 nitrogen and oxygen atoms in total. The lowest BCUT2D eigenvalue weighted by Gasteiger charge is -2.34. The summed E-state index contributed by atoms with van der Waals surface area (Å²) in [6.45, 7) is 6.04. The maximum atomic E-state index is 13.2. The Hall–Kier alpha value is -2.53. The number of nitriles is 1. The third-order valence-corrected chi connectivity index (χ3v) is 5.52. The van der Waals surface area contributed by atoms with E-state index in [2.05, 4.69) is 11.1 Å². The molecule has 3 rings (SSSR count). The summed E-state index contributed by atoms with van der Waals surface area (Å²) in [4.78, 5) is 33.3. The predicted octanol–water partition coefficient (Wildman–Crippen LogP) is 3.40. The van der Waals surface area contributed by atoms with Gasteiger partial charge in [-0.05, 0) is 58.6 Å². The molecule has 0 spiro atoms. The van der Waals surface area contributed by atoms with Gasteiger partial charge in [-0.3, -0.25) is 9.69 Å². The average molecular weight is 435 g/mol. The first-order chi connectivity index (χ1) is 14.2. The number of ether oxygens (including phenoxy) is 2.